The molecule has 0 unspecified atom stereocenters. The van der Waals surface area contributed by atoms with Gasteiger partial charge in [-0.05, 0) is 30.5 Å². The fourth-order valence-electron chi connectivity index (χ4n) is 1.04. The summed E-state index contributed by atoms with van der Waals surface area (Å²) in [6.45, 7) is 2.18. The summed E-state index contributed by atoms with van der Waals surface area (Å²) in [6.07, 6.45) is 3.57. The number of unbranched alkanes of at least 4 members (excludes halogenated alkanes) is 1. The van der Waals surface area contributed by atoms with Gasteiger partial charge >= 0.3 is 29.6 Å². The van der Waals surface area contributed by atoms with Gasteiger partial charge in [0.05, 0.1) is 0 Å². The molecule has 1 aromatic carbocycles. The van der Waals surface area contributed by atoms with Crippen molar-refractivity contribution in [1.82, 2.24) is 0 Å². The van der Waals surface area contributed by atoms with Crippen LogP contribution in [-0.2, 0) is 6.42 Å². The number of hydrogen-bond acceptors (Lipinski definition) is 1. The van der Waals surface area contributed by atoms with Crippen LogP contribution in [0.1, 0.15) is 25.3 Å². The van der Waals surface area contributed by atoms with Gasteiger partial charge in [-0.3, -0.25) is 0 Å². The van der Waals surface area contributed by atoms with E-state index in [1.165, 1.54) is 18.4 Å². The molecule has 0 aliphatic heterocycles. The fraction of sp³-hybridized carbons (Fsp3) is 0.400. The molecule has 2 heteroatoms. The molecule has 0 fully saturated rings. The zero-order chi connectivity index (χ0) is 8.10. The third kappa shape index (κ3) is 4.15. The molecule has 0 radical (unpaired) electrons. The molecule has 1 nitrogen and oxygen atoms in total. The van der Waals surface area contributed by atoms with Crippen LogP contribution in [0.5, 0.6) is 5.75 Å². The molecule has 0 saturated carbocycles. The standard InChI is InChI=1S/C10H14O.Na.H/c1-2-3-4-9-5-7-10(11)8-6-9;;/h5-8,11H,2-4H2,1H3;;. The Morgan fingerprint density at radius 3 is 2.25 bits per heavy atom. The fourth-order valence-corrected chi connectivity index (χ4v) is 1.04. The van der Waals surface area contributed by atoms with Crippen molar-refractivity contribution in [2.75, 3.05) is 0 Å². The van der Waals surface area contributed by atoms with Gasteiger partial charge in [0.1, 0.15) is 5.75 Å². The van der Waals surface area contributed by atoms with Gasteiger partial charge in [0, 0.05) is 0 Å². The molecule has 12 heavy (non-hydrogen) atoms. The van der Waals surface area contributed by atoms with E-state index in [1.807, 2.05) is 12.1 Å². The van der Waals surface area contributed by atoms with Crippen molar-refractivity contribution in [1.29, 1.82) is 0 Å². The third-order valence-corrected chi connectivity index (χ3v) is 1.76. The van der Waals surface area contributed by atoms with E-state index >= 15 is 0 Å². The number of benzene rings is 1. The number of hydrogen-bond donors (Lipinski definition) is 1. The molecule has 0 saturated heterocycles. The van der Waals surface area contributed by atoms with Gasteiger partial charge in [0.15, 0.2) is 0 Å². The SMILES string of the molecule is CCCCc1ccc(O)cc1.[NaH]. The predicted octanol–water partition coefficient (Wildman–Crippen LogP) is 2.09. The Morgan fingerprint density at radius 2 is 1.75 bits per heavy atom. The van der Waals surface area contributed by atoms with E-state index in [2.05, 4.69) is 6.92 Å². The summed E-state index contributed by atoms with van der Waals surface area (Å²) in [4.78, 5) is 0. The van der Waals surface area contributed by atoms with Crippen LogP contribution in [0.2, 0.25) is 0 Å². The van der Waals surface area contributed by atoms with Crippen LogP contribution in [0.3, 0.4) is 0 Å². The topological polar surface area (TPSA) is 20.2 Å². The molecule has 0 heterocycles. The van der Waals surface area contributed by atoms with Crippen LogP contribution in [0, 0.1) is 0 Å². The predicted molar refractivity (Wildman–Crippen MR) is 53.9 cm³/mol. The van der Waals surface area contributed by atoms with Crippen LogP contribution in [0.15, 0.2) is 24.3 Å². The van der Waals surface area contributed by atoms with Crippen LogP contribution in [0.25, 0.3) is 0 Å². The van der Waals surface area contributed by atoms with Crippen molar-refractivity contribution < 1.29 is 5.11 Å². The van der Waals surface area contributed by atoms with Crippen molar-refractivity contribution in [3.05, 3.63) is 29.8 Å². The van der Waals surface area contributed by atoms with Gasteiger partial charge in [0.25, 0.3) is 0 Å². The molecular weight excluding hydrogens is 159 g/mol. The van der Waals surface area contributed by atoms with E-state index in [0.717, 1.165) is 6.42 Å². The molecule has 1 rings (SSSR count). The Balaban J connectivity index is 0.00000121. The van der Waals surface area contributed by atoms with Gasteiger partial charge < -0.3 is 5.11 Å². The number of rotatable bonds is 3. The Morgan fingerprint density at radius 1 is 1.17 bits per heavy atom. The maximum absolute atomic E-state index is 8.98. The molecular formula is C10H15NaO. The molecule has 0 aliphatic rings. The minimum atomic E-state index is 0. The molecule has 1 aromatic rings. The zero-order valence-corrected chi connectivity index (χ0v) is 6.88. The summed E-state index contributed by atoms with van der Waals surface area (Å²) in [6, 6.07) is 7.44. The Kier molecular flexibility index (Phi) is 6.54. The minimum absolute atomic E-state index is 0. The van der Waals surface area contributed by atoms with Gasteiger partial charge in [-0.15, -0.1) is 0 Å². The van der Waals surface area contributed by atoms with Crippen molar-refractivity contribution in [3.8, 4) is 5.75 Å². The summed E-state index contributed by atoms with van der Waals surface area (Å²) >= 11 is 0. The zero-order valence-electron chi connectivity index (χ0n) is 6.88. The van der Waals surface area contributed by atoms with Gasteiger partial charge in [-0.2, -0.15) is 0 Å². The number of aryl methyl sites for hydroxylation is 1. The normalized spacial score (nSPS) is 9.08. The molecule has 0 amide bonds. The molecule has 0 spiro atoms. The van der Waals surface area contributed by atoms with E-state index in [1.54, 1.807) is 12.1 Å². The monoisotopic (exact) mass is 174 g/mol. The number of phenolic OH excluding ortho intramolecular Hbond substituents is 1. The molecule has 0 aliphatic carbocycles. The van der Waals surface area contributed by atoms with Crippen molar-refractivity contribution >= 4 is 29.6 Å². The third-order valence-electron chi connectivity index (χ3n) is 1.76. The summed E-state index contributed by atoms with van der Waals surface area (Å²) < 4.78 is 0. The van der Waals surface area contributed by atoms with Crippen molar-refractivity contribution in [3.63, 3.8) is 0 Å². The van der Waals surface area contributed by atoms with Gasteiger partial charge in [0.2, 0.25) is 0 Å². The van der Waals surface area contributed by atoms with Crippen LogP contribution >= 0.6 is 0 Å². The second kappa shape index (κ2) is 6.53. The van der Waals surface area contributed by atoms with Gasteiger partial charge in [-0.25, -0.2) is 0 Å². The molecule has 0 atom stereocenters. The van der Waals surface area contributed by atoms with E-state index in [-0.39, 0.29) is 29.6 Å². The van der Waals surface area contributed by atoms with E-state index in [0.29, 0.717) is 5.75 Å². The first-order valence-corrected chi connectivity index (χ1v) is 4.11. The van der Waals surface area contributed by atoms with Crippen LogP contribution in [-0.4, -0.2) is 34.7 Å². The molecule has 0 bridgehead atoms. The Bertz CT molecular complexity index is 206. The average molecular weight is 174 g/mol. The summed E-state index contributed by atoms with van der Waals surface area (Å²) in [7, 11) is 0. The van der Waals surface area contributed by atoms with Crippen LogP contribution < -0.4 is 0 Å². The molecule has 62 valence electrons. The quantitative estimate of drug-likeness (QED) is 0.696. The summed E-state index contributed by atoms with van der Waals surface area (Å²) in [5.41, 5.74) is 1.31. The van der Waals surface area contributed by atoms with Gasteiger partial charge in [-0.1, -0.05) is 25.5 Å². The van der Waals surface area contributed by atoms with Crippen molar-refractivity contribution in [2.24, 2.45) is 0 Å². The first-order chi connectivity index (χ1) is 5.33. The van der Waals surface area contributed by atoms with Crippen LogP contribution in [0.4, 0.5) is 0 Å². The average Bonchev–Trinajstić information content (AvgIpc) is 2.04. The maximum atomic E-state index is 8.98. The Labute approximate surface area is 96.1 Å². The van der Waals surface area contributed by atoms with E-state index < -0.39 is 0 Å². The Hall–Kier alpha value is 0.0200. The van der Waals surface area contributed by atoms with Crippen molar-refractivity contribution in [2.45, 2.75) is 26.2 Å². The van der Waals surface area contributed by atoms with E-state index in [4.69, 9.17) is 5.11 Å². The number of aromatic hydroxyl groups is 1. The first kappa shape index (κ1) is 12.0. The molecule has 0 aromatic heterocycles. The first-order valence-electron chi connectivity index (χ1n) is 4.11. The number of phenols is 1. The summed E-state index contributed by atoms with van der Waals surface area (Å²) in [5, 5.41) is 8.98. The molecule has 1 N–H and O–H groups in total. The second-order valence-corrected chi connectivity index (χ2v) is 2.77. The second-order valence-electron chi connectivity index (χ2n) is 2.77. The summed E-state index contributed by atoms with van der Waals surface area (Å²) in [5.74, 6) is 0.352. The van der Waals surface area contributed by atoms with E-state index in [9.17, 15) is 0 Å².